The van der Waals surface area contributed by atoms with Gasteiger partial charge in [-0.15, -0.1) is 0 Å². The lowest BCUT2D eigenvalue weighted by Crippen LogP contribution is -2.12. The van der Waals surface area contributed by atoms with Gasteiger partial charge in [-0.1, -0.05) is 0 Å². The highest BCUT2D eigenvalue weighted by atomic mass is 19.4. The zero-order valence-electron chi connectivity index (χ0n) is 11.5. The predicted octanol–water partition coefficient (Wildman–Crippen LogP) is 4.13. The molecule has 0 radical (unpaired) electrons. The Morgan fingerprint density at radius 1 is 1.22 bits per heavy atom. The number of hydrogen-bond acceptors (Lipinski definition) is 3. The molecule has 0 spiro atoms. The molecule has 2 N–H and O–H groups in total. The number of nitrogens with zero attached hydrogens (tertiary/aromatic N) is 1. The molecule has 4 nitrogen and oxygen atoms in total. The van der Waals surface area contributed by atoms with Gasteiger partial charge in [0.2, 0.25) is 0 Å². The first-order chi connectivity index (χ1) is 10.6. The largest absolute Gasteiger partial charge is 0.478 e. The summed E-state index contributed by atoms with van der Waals surface area (Å²) in [6.45, 7) is 1.23. The highest BCUT2D eigenvalue weighted by Crippen LogP contribution is 2.31. The average Bonchev–Trinajstić information content (AvgIpc) is 2.47. The molecular weight excluding hydrogens is 323 g/mol. The Kier molecular flexibility index (Phi) is 4.22. The van der Waals surface area contributed by atoms with Crippen LogP contribution < -0.4 is 5.32 Å². The molecule has 0 saturated heterocycles. The van der Waals surface area contributed by atoms with Gasteiger partial charge in [0.25, 0.3) is 0 Å². The van der Waals surface area contributed by atoms with E-state index in [0.29, 0.717) is 12.3 Å². The number of rotatable bonds is 3. The van der Waals surface area contributed by atoms with Crippen LogP contribution in [-0.4, -0.2) is 16.1 Å². The molecule has 0 aliphatic heterocycles. The maximum atomic E-state index is 13.5. The van der Waals surface area contributed by atoms with Crippen LogP contribution >= 0.6 is 0 Å². The number of nitrogens with one attached hydrogen (secondary N) is 1. The van der Waals surface area contributed by atoms with E-state index in [2.05, 4.69) is 10.3 Å². The van der Waals surface area contributed by atoms with Crippen LogP contribution in [0.25, 0.3) is 0 Å². The van der Waals surface area contributed by atoms with Crippen LogP contribution in [0.4, 0.5) is 33.3 Å². The Balaban J connectivity index is 2.48. The number of anilines is 2. The molecule has 1 heterocycles. The Morgan fingerprint density at radius 2 is 1.87 bits per heavy atom. The van der Waals surface area contributed by atoms with Gasteiger partial charge in [-0.3, -0.25) is 0 Å². The topological polar surface area (TPSA) is 62.2 Å². The number of benzene rings is 1. The van der Waals surface area contributed by atoms with E-state index in [4.69, 9.17) is 5.11 Å². The number of halogens is 5. The van der Waals surface area contributed by atoms with Gasteiger partial charge >= 0.3 is 12.1 Å². The fourth-order valence-corrected chi connectivity index (χ4v) is 1.82. The normalized spacial score (nSPS) is 11.4. The van der Waals surface area contributed by atoms with Crippen LogP contribution in [0.15, 0.2) is 24.4 Å². The standard InChI is InChI=1S/C14H9F5N2O2/c1-6-9(3-2-8(15)12(6)16)21-10-5-20-11(14(17,18)19)4-7(10)13(22)23/h2-5,21H,1H3,(H,22,23). The summed E-state index contributed by atoms with van der Waals surface area (Å²) >= 11 is 0. The van der Waals surface area contributed by atoms with E-state index < -0.39 is 35.0 Å². The molecule has 0 atom stereocenters. The van der Waals surface area contributed by atoms with Crippen LogP contribution in [0.3, 0.4) is 0 Å². The van der Waals surface area contributed by atoms with Gasteiger partial charge in [-0.25, -0.2) is 18.6 Å². The SMILES string of the molecule is Cc1c(Nc2cnc(C(F)(F)F)cc2C(=O)O)ccc(F)c1F. The lowest BCUT2D eigenvalue weighted by molar-refractivity contribution is -0.141. The Labute approximate surface area is 126 Å². The Morgan fingerprint density at radius 3 is 2.43 bits per heavy atom. The van der Waals surface area contributed by atoms with Gasteiger partial charge in [0.05, 0.1) is 17.4 Å². The van der Waals surface area contributed by atoms with Gasteiger partial charge in [-0.2, -0.15) is 13.2 Å². The second-order valence-corrected chi connectivity index (χ2v) is 4.58. The number of alkyl halides is 3. The van der Waals surface area contributed by atoms with Crippen molar-refractivity contribution in [3.05, 3.63) is 52.9 Å². The molecular formula is C14H9F5N2O2. The molecule has 0 aliphatic carbocycles. The monoisotopic (exact) mass is 332 g/mol. The van der Waals surface area contributed by atoms with Gasteiger partial charge in [0.1, 0.15) is 5.69 Å². The van der Waals surface area contributed by atoms with Crippen LogP contribution in [0.5, 0.6) is 0 Å². The van der Waals surface area contributed by atoms with Crippen LogP contribution in [0.2, 0.25) is 0 Å². The number of carboxylic acid groups (broad SMARTS) is 1. The van der Waals surface area contributed by atoms with E-state index in [9.17, 15) is 26.7 Å². The zero-order chi connectivity index (χ0) is 17.4. The van der Waals surface area contributed by atoms with Crippen molar-refractivity contribution >= 4 is 17.3 Å². The highest BCUT2D eigenvalue weighted by molar-refractivity contribution is 5.95. The summed E-state index contributed by atoms with van der Waals surface area (Å²) in [7, 11) is 0. The van der Waals surface area contributed by atoms with Gasteiger partial charge in [0, 0.05) is 11.3 Å². The fraction of sp³-hybridized carbons (Fsp3) is 0.143. The molecule has 0 fully saturated rings. The summed E-state index contributed by atoms with van der Waals surface area (Å²) in [5, 5.41) is 11.5. The van der Waals surface area contributed by atoms with Gasteiger partial charge in [0.15, 0.2) is 11.6 Å². The molecule has 0 aliphatic rings. The second kappa shape index (κ2) is 5.82. The van der Waals surface area contributed by atoms with E-state index in [1.165, 1.54) is 6.92 Å². The first kappa shape index (κ1) is 16.7. The number of aromatic nitrogens is 1. The predicted molar refractivity (Wildman–Crippen MR) is 70.6 cm³/mol. The average molecular weight is 332 g/mol. The van der Waals surface area contributed by atoms with Crippen molar-refractivity contribution < 1.29 is 31.9 Å². The Bertz CT molecular complexity index is 774. The third kappa shape index (κ3) is 3.38. The summed E-state index contributed by atoms with van der Waals surface area (Å²) in [5.74, 6) is -3.87. The molecule has 0 unspecified atom stereocenters. The summed E-state index contributed by atoms with van der Waals surface area (Å²) in [4.78, 5) is 14.3. The zero-order valence-corrected chi connectivity index (χ0v) is 11.5. The molecule has 0 bridgehead atoms. The summed E-state index contributed by atoms with van der Waals surface area (Å²) in [6, 6.07) is 2.31. The molecule has 1 aromatic carbocycles. The van der Waals surface area contributed by atoms with Crippen molar-refractivity contribution in [2.75, 3.05) is 5.32 Å². The minimum atomic E-state index is -4.80. The molecule has 1 aromatic heterocycles. The molecule has 0 amide bonds. The highest BCUT2D eigenvalue weighted by Gasteiger charge is 2.33. The molecule has 2 rings (SSSR count). The van der Waals surface area contributed by atoms with E-state index in [1.54, 1.807) is 0 Å². The van der Waals surface area contributed by atoms with Crippen LogP contribution in [0.1, 0.15) is 21.6 Å². The van der Waals surface area contributed by atoms with Gasteiger partial charge in [-0.05, 0) is 25.1 Å². The first-order valence-corrected chi connectivity index (χ1v) is 6.13. The number of pyridine rings is 1. The lowest BCUT2D eigenvalue weighted by Gasteiger charge is -2.14. The van der Waals surface area contributed by atoms with Crippen molar-refractivity contribution in [1.29, 1.82) is 0 Å². The molecule has 23 heavy (non-hydrogen) atoms. The minimum absolute atomic E-state index is 0.00737. The van der Waals surface area contributed by atoms with Crippen molar-refractivity contribution in [2.45, 2.75) is 13.1 Å². The second-order valence-electron chi connectivity index (χ2n) is 4.58. The molecule has 122 valence electrons. The summed E-state index contributed by atoms with van der Waals surface area (Å²) < 4.78 is 64.3. The summed E-state index contributed by atoms with van der Waals surface area (Å²) in [5.41, 5.74) is -2.49. The number of hydrogen-bond donors (Lipinski definition) is 2. The summed E-state index contributed by atoms with van der Waals surface area (Å²) in [6.07, 6.45) is -4.13. The molecule has 9 heteroatoms. The van der Waals surface area contributed by atoms with Crippen molar-refractivity contribution in [2.24, 2.45) is 0 Å². The third-order valence-corrected chi connectivity index (χ3v) is 3.03. The Hall–Kier alpha value is -2.71. The van der Waals surface area contributed by atoms with Gasteiger partial charge < -0.3 is 10.4 Å². The van der Waals surface area contributed by atoms with Crippen LogP contribution in [0, 0.1) is 18.6 Å². The quantitative estimate of drug-likeness (QED) is 0.830. The third-order valence-electron chi connectivity index (χ3n) is 3.03. The number of carboxylic acids is 1. The molecule has 0 saturated carbocycles. The first-order valence-electron chi connectivity index (χ1n) is 6.13. The maximum Gasteiger partial charge on any atom is 0.433 e. The van der Waals surface area contributed by atoms with E-state index >= 15 is 0 Å². The van der Waals surface area contributed by atoms with E-state index in [-0.39, 0.29) is 16.9 Å². The maximum absolute atomic E-state index is 13.5. The van der Waals surface area contributed by atoms with Crippen LogP contribution in [-0.2, 0) is 6.18 Å². The van der Waals surface area contributed by atoms with Crippen molar-refractivity contribution in [3.63, 3.8) is 0 Å². The lowest BCUT2D eigenvalue weighted by atomic mass is 10.1. The van der Waals surface area contributed by atoms with Crippen molar-refractivity contribution in [1.82, 2.24) is 4.98 Å². The van der Waals surface area contributed by atoms with Crippen molar-refractivity contribution in [3.8, 4) is 0 Å². The number of aromatic carboxylic acids is 1. The minimum Gasteiger partial charge on any atom is -0.478 e. The van der Waals surface area contributed by atoms with E-state index in [1.807, 2.05) is 0 Å². The number of carbonyl (C=O) groups is 1. The smallest absolute Gasteiger partial charge is 0.433 e. The van der Waals surface area contributed by atoms with E-state index in [0.717, 1.165) is 12.1 Å². The fourth-order valence-electron chi connectivity index (χ4n) is 1.82. The molecule has 2 aromatic rings.